The Hall–Kier alpha value is -2.86. The Morgan fingerprint density at radius 1 is 1.13 bits per heavy atom. The van der Waals surface area contributed by atoms with Gasteiger partial charge < -0.3 is 5.32 Å². The molecule has 6 heteroatoms. The summed E-state index contributed by atoms with van der Waals surface area (Å²) < 4.78 is 1.66. The predicted molar refractivity (Wildman–Crippen MR) is 120 cm³/mol. The van der Waals surface area contributed by atoms with Crippen LogP contribution in [0.25, 0.3) is 0 Å². The lowest BCUT2D eigenvalue weighted by Crippen LogP contribution is -2.31. The van der Waals surface area contributed by atoms with Crippen molar-refractivity contribution in [3.63, 3.8) is 0 Å². The second kappa shape index (κ2) is 9.30. The summed E-state index contributed by atoms with van der Waals surface area (Å²) in [5.74, 6) is 0.904. The van der Waals surface area contributed by atoms with Crippen LogP contribution in [0.3, 0.4) is 0 Å². The summed E-state index contributed by atoms with van der Waals surface area (Å²) in [6, 6.07) is 22.2. The summed E-state index contributed by atoms with van der Waals surface area (Å²) in [7, 11) is 0. The van der Waals surface area contributed by atoms with Crippen molar-refractivity contribution in [2.24, 2.45) is 0 Å². The number of aryl methyl sites for hydroxylation is 1. The van der Waals surface area contributed by atoms with Crippen LogP contribution in [0, 0.1) is 6.92 Å². The van der Waals surface area contributed by atoms with E-state index in [4.69, 9.17) is 0 Å². The van der Waals surface area contributed by atoms with E-state index in [-0.39, 0.29) is 23.4 Å². The summed E-state index contributed by atoms with van der Waals surface area (Å²) in [5, 5.41) is 3.77. The fourth-order valence-electron chi connectivity index (χ4n) is 3.95. The summed E-state index contributed by atoms with van der Waals surface area (Å²) in [6.07, 6.45) is 1.11. The highest BCUT2D eigenvalue weighted by Crippen LogP contribution is 2.32. The number of hydrogen-bond acceptors (Lipinski definition) is 4. The lowest BCUT2D eigenvalue weighted by molar-refractivity contribution is -0.121. The van der Waals surface area contributed by atoms with Crippen molar-refractivity contribution in [3.05, 3.63) is 93.9 Å². The maximum atomic E-state index is 12.6. The molecule has 1 aliphatic rings. The third kappa shape index (κ3) is 4.65. The van der Waals surface area contributed by atoms with Crippen molar-refractivity contribution in [2.45, 2.75) is 36.9 Å². The van der Waals surface area contributed by atoms with Crippen LogP contribution in [0.2, 0.25) is 0 Å². The summed E-state index contributed by atoms with van der Waals surface area (Å²) >= 11 is 1.54. The zero-order chi connectivity index (χ0) is 20.9. The highest BCUT2D eigenvalue weighted by molar-refractivity contribution is 7.99. The van der Waals surface area contributed by atoms with Gasteiger partial charge in [-0.25, -0.2) is 4.98 Å². The van der Waals surface area contributed by atoms with Crippen molar-refractivity contribution in [1.29, 1.82) is 0 Å². The van der Waals surface area contributed by atoms with Crippen LogP contribution in [0.1, 0.15) is 41.6 Å². The minimum atomic E-state index is -0.135. The third-order valence-electron chi connectivity index (χ3n) is 5.40. The maximum Gasteiger partial charge on any atom is 0.254 e. The molecule has 1 aliphatic heterocycles. The molecule has 3 aromatic rings. The minimum Gasteiger partial charge on any atom is -0.356 e. The first-order valence-electron chi connectivity index (χ1n) is 10.2. The number of rotatable bonds is 7. The van der Waals surface area contributed by atoms with Gasteiger partial charge in [0, 0.05) is 36.4 Å². The molecule has 30 heavy (non-hydrogen) atoms. The Kier molecular flexibility index (Phi) is 6.33. The molecule has 0 bridgehead atoms. The number of fused-ring (bicyclic) bond motifs is 1. The Morgan fingerprint density at radius 2 is 1.77 bits per heavy atom. The molecule has 2 heterocycles. The number of hydrogen-bond donors (Lipinski definition) is 1. The van der Waals surface area contributed by atoms with Gasteiger partial charge in [-0.3, -0.25) is 14.2 Å². The summed E-state index contributed by atoms with van der Waals surface area (Å²) in [6.45, 7) is 2.40. The number of nitrogens with one attached hydrogen (secondary N) is 1. The van der Waals surface area contributed by atoms with E-state index in [1.165, 1.54) is 17.2 Å². The molecule has 5 nitrogen and oxygen atoms in total. The monoisotopic (exact) mass is 419 g/mol. The number of aromatic nitrogens is 2. The molecule has 0 fully saturated rings. The lowest BCUT2D eigenvalue weighted by Gasteiger charge is -2.19. The number of amides is 1. The Balaban J connectivity index is 1.38. The number of carbonyl (C=O) groups is 1. The number of thioether (sulfide) groups is 1. The standard InChI is InChI=1S/C24H25N3O2S/c1-17-14-23(29)27-20(16-30-24(27)26-17)15-22(28)25-13-12-21(18-8-4-2-5-9-18)19-10-6-3-7-11-19/h2-11,14,20-21H,12-13,15-16H2,1H3,(H,25,28)/t20-/m1/s1. The number of benzene rings is 2. The van der Waals surface area contributed by atoms with E-state index in [2.05, 4.69) is 34.6 Å². The van der Waals surface area contributed by atoms with Gasteiger partial charge in [-0.2, -0.15) is 0 Å². The van der Waals surface area contributed by atoms with E-state index in [1.54, 1.807) is 16.3 Å². The highest BCUT2D eigenvalue weighted by atomic mass is 32.2. The first-order chi connectivity index (χ1) is 14.6. The molecule has 1 atom stereocenters. The predicted octanol–water partition coefficient (Wildman–Crippen LogP) is 3.93. The fraction of sp³-hybridized carbons (Fsp3) is 0.292. The van der Waals surface area contributed by atoms with Crippen LogP contribution in [-0.4, -0.2) is 27.8 Å². The van der Waals surface area contributed by atoms with E-state index in [9.17, 15) is 9.59 Å². The number of nitrogens with zero attached hydrogens (tertiary/aromatic N) is 2. The molecule has 0 unspecified atom stereocenters. The van der Waals surface area contributed by atoms with Gasteiger partial charge in [-0.05, 0) is 24.5 Å². The van der Waals surface area contributed by atoms with Gasteiger partial charge in [0.1, 0.15) is 0 Å². The molecule has 0 saturated carbocycles. The van der Waals surface area contributed by atoms with Gasteiger partial charge in [0.25, 0.3) is 5.56 Å². The quantitative estimate of drug-likeness (QED) is 0.590. The van der Waals surface area contributed by atoms with E-state index >= 15 is 0 Å². The highest BCUT2D eigenvalue weighted by Gasteiger charge is 2.27. The van der Waals surface area contributed by atoms with Crippen molar-refractivity contribution >= 4 is 17.7 Å². The van der Waals surface area contributed by atoms with Gasteiger partial charge in [-0.15, -0.1) is 0 Å². The Morgan fingerprint density at radius 3 is 2.40 bits per heavy atom. The second-order valence-corrected chi connectivity index (χ2v) is 8.56. The van der Waals surface area contributed by atoms with Crippen LogP contribution in [0.4, 0.5) is 0 Å². The molecular weight excluding hydrogens is 394 g/mol. The molecule has 0 radical (unpaired) electrons. The molecule has 4 rings (SSSR count). The SMILES string of the molecule is Cc1cc(=O)n2c(n1)SC[C@H]2CC(=O)NCCC(c1ccccc1)c1ccccc1. The van der Waals surface area contributed by atoms with Crippen molar-refractivity contribution < 1.29 is 4.79 Å². The zero-order valence-electron chi connectivity index (χ0n) is 17.0. The van der Waals surface area contributed by atoms with E-state index < -0.39 is 0 Å². The van der Waals surface area contributed by atoms with Crippen molar-refractivity contribution in [1.82, 2.24) is 14.9 Å². The average Bonchev–Trinajstić information content (AvgIpc) is 3.15. The summed E-state index contributed by atoms with van der Waals surface area (Å²) in [4.78, 5) is 29.3. The van der Waals surface area contributed by atoms with Crippen LogP contribution < -0.4 is 10.9 Å². The molecule has 0 aliphatic carbocycles. The Bertz CT molecular complexity index is 1030. The summed E-state index contributed by atoms with van der Waals surface area (Å²) in [5.41, 5.74) is 3.13. The van der Waals surface area contributed by atoms with Crippen molar-refractivity contribution in [3.8, 4) is 0 Å². The Labute approximate surface area is 180 Å². The van der Waals surface area contributed by atoms with E-state index in [0.717, 1.165) is 12.1 Å². The maximum absolute atomic E-state index is 12.6. The second-order valence-electron chi connectivity index (χ2n) is 7.57. The van der Waals surface area contributed by atoms with Gasteiger partial charge >= 0.3 is 0 Å². The van der Waals surface area contributed by atoms with Gasteiger partial charge in [0.05, 0.1) is 6.04 Å². The molecule has 1 N–H and O–H groups in total. The molecule has 1 amide bonds. The third-order valence-corrected chi connectivity index (χ3v) is 6.50. The average molecular weight is 420 g/mol. The molecular formula is C24H25N3O2S. The molecule has 2 aromatic carbocycles. The lowest BCUT2D eigenvalue weighted by atomic mass is 9.88. The normalized spacial score (nSPS) is 15.2. The van der Waals surface area contributed by atoms with E-state index in [0.29, 0.717) is 23.9 Å². The minimum absolute atomic E-state index is 0.0270. The topological polar surface area (TPSA) is 64.0 Å². The number of carbonyl (C=O) groups excluding carboxylic acids is 1. The van der Waals surface area contributed by atoms with E-state index in [1.807, 2.05) is 43.3 Å². The van der Waals surface area contributed by atoms with Gasteiger partial charge in [0.15, 0.2) is 5.16 Å². The van der Waals surface area contributed by atoms with Gasteiger partial charge in [0.2, 0.25) is 5.91 Å². The molecule has 0 saturated heterocycles. The van der Waals surface area contributed by atoms with Crippen LogP contribution in [0.15, 0.2) is 76.7 Å². The van der Waals surface area contributed by atoms with Crippen LogP contribution in [-0.2, 0) is 4.79 Å². The first kappa shape index (κ1) is 20.4. The fourth-order valence-corrected chi connectivity index (χ4v) is 5.15. The molecule has 154 valence electrons. The largest absolute Gasteiger partial charge is 0.356 e. The molecule has 0 spiro atoms. The first-order valence-corrected chi connectivity index (χ1v) is 11.2. The van der Waals surface area contributed by atoms with Crippen LogP contribution in [0.5, 0.6) is 0 Å². The van der Waals surface area contributed by atoms with Gasteiger partial charge in [-0.1, -0.05) is 72.4 Å². The van der Waals surface area contributed by atoms with Crippen LogP contribution >= 0.6 is 11.8 Å². The smallest absolute Gasteiger partial charge is 0.254 e. The van der Waals surface area contributed by atoms with Crippen molar-refractivity contribution in [2.75, 3.05) is 12.3 Å². The zero-order valence-corrected chi connectivity index (χ0v) is 17.8. The molecule has 1 aromatic heterocycles.